The highest BCUT2D eigenvalue weighted by Gasteiger charge is 2.30. The van der Waals surface area contributed by atoms with Crippen LogP contribution in [-0.4, -0.2) is 6.04 Å². The minimum absolute atomic E-state index is 0.225. The van der Waals surface area contributed by atoms with Crippen molar-refractivity contribution in [3.8, 4) is 0 Å². The predicted octanol–water partition coefficient (Wildman–Crippen LogP) is 4.31. The monoisotopic (exact) mass is 231 g/mol. The first-order valence-corrected chi connectivity index (χ1v) is 5.41. The van der Waals surface area contributed by atoms with Gasteiger partial charge in [0.2, 0.25) is 0 Å². The molecule has 0 amide bonds. The molecule has 0 aromatic heterocycles. The zero-order valence-corrected chi connectivity index (χ0v) is 9.43. The molecule has 0 saturated heterocycles. The summed E-state index contributed by atoms with van der Waals surface area (Å²) in [5.41, 5.74) is -0.0769. The molecule has 0 unspecified atom stereocenters. The summed E-state index contributed by atoms with van der Waals surface area (Å²) in [7, 11) is 0. The molecule has 1 aromatic carbocycles. The lowest BCUT2D eigenvalue weighted by Gasteiger charge is -2.17. The molecule has 0 aliphatic heterocycles. The van der Waals surface area contributed by atoms with Crippen LogP contribution in [0.15, 0.2) is 24.3 Å². The highest BCUT2D eigenvalue weighted by molar-refractivity contribution is 5.47. The summed E-state index contributed by atoms with van der Waals surface area (Å²) < 4.78 is 37.3. The first kappa shape index (κ1) is 12.9. The molecule has 0 bridgehead atoms. The van der Waals surface area contributed by atoms with E-state index < -0.39 is 11.7 Å². The van der Waals surface area contributed by atoms with Crippen molar-refractivity contribution in [1.29, 1.82) is 0 Å². The zero-order chi connectivity index (χ0) is 12.2. The van der Waals surface area contributed by atoms with E-state index in [1.165, 1.54) is 6.07 Å². The minimum atomic E-state index is -4.27. The Morgan fingerprint density at radius 3 is 2.31 bits per heavy atom. The molecule has 1 nitrogen and oxygen atoms in total. The van der Waals surface area contributed by atoms with Gasteiger partial charge in [0, 0.05) is 11.7 Å². The van der Waals surface area contributed by atoms with Crippen LogP contribution in [0.25, 0.3) is 0 Å². The average molecular weight is 231 g/mol. The zero-order valence-electron chi connectivity index (χ0n) is 9.43. The fraction of sp³-hybridized carbons (Fsp3) is 0.500. The van der Waals surface area contributed by atoms with Crippen LogP contribution in [0, 0.1) is 0 Å². The first-order valence-electron chi connectivity index (χ1n) is 5.41. The topological polar surface area (TPSA) is 12.0 Å². The quantitative estimate of drug-likeness (QED) is 0.814. The van der Waals surface area contributed by atoms with Gasteiger partial charge in [0.05, 0.1) is 5.56 Å². The molecule has 0 radical (unpaired) electrons. The lowest BCUT2D eigenvalue weighted by Crippen LogP contribution is -2.17. The summed E-state index contributed by atoms with van der Waals surface area (Å²) in [4.78, 5) is 0. The average Bonchev–Trinajstić information content (AvgIpc) is 2.25. The molecule has 90 valence electrons. The van der Waals surface area contributed by atoms with Crippen molar-refractivity contribution in [1.82, 2.24) is 0 Å². The highest BCUT2D eigenvalue weighted by atomic mass is 19.4. The van der Waals surface area contributed by atoms with E-state index in [-0.39, 0.29) is 6.04 Å². The van der Waals surface area contributed by atoms with Crippen molar-refractivity contribution >= 4 is 5.69 Å². The van der Waals surface area contributed by atoms with Gasteiger partial charge in [-0.1, -0.05) is 19.9 Å². The number of halogens is 3. The van der Waals surface area contributed by atoms with E-state index in [2.05, 4.69) is 5.32 Å². The second kappa shape index (κ2) is 5.23. The Morgan fingerprint density at radius 2 is 1.81 bits per heavy atom. The Kier molecular flexibility index (Phi) is 4.21. The SMILES string of the molecule is CCC(CC)Nc1cccc(C(F)(F)F)c1. The number of benzene rings is 1. The maximum Gasteiger partial charge on any atom is 0.416 e. The number of anilines is 1. The molecular formula is C12H16F3N. The summed E-state index contributed by atoms with van der Waals surface area (Å²) in [6.45, 7) is 4.02. The van der Waals surface area contributed by atoms with Gasteiger partial charge < -0.3 is 5.32 Å². The van der Waals surface area contributed by atoms with Gasteiger partial charge >= 0.3 is 6.18 Å². The smallest absolute Gasteiger partial charge is 0.382 e. The van der Waals surface area contributed by atoms with Crippen LogP contribution in [-0.2, 0) is 6.18 Å². The van der Waals surface area contributed by atoms with E-state index in [9.17, 15) is 13.2 Å². The molecule has 0 spiro atoms. The standard InChI is InChI=1S/C12H16F3N/c1-3-10(4-2)16-11-7-5-6-9(8-11)12(13,14)15/h5-8,10,16H,3-4H2,1-2H3. The van der Waals surface area contributed by atoms with Crippen molar-refractivity contribution in [3.05, 3.63) is 29.8 Å². The highest BCUT2D eigenvalue weighted by Crippen LogP contribution is 2.30. The molecule has 0 aliphatic rings. The Morgan fingerprint density at radius 1 is 1.19 bits per heavy atom. The largest absolute Gasteiger partial charge is 0.416 e. The van der Waals surface area contributed by atoms with Crippen LogP contribution in [0.4, 0.5) is 18.9 Å². The van der Waals surface area contributed by atoms with E-state index in [4.69, 9.17) is 0 Å². The molecule has 0 saturated carbocycles. The lowest BCUT2D eigenvalue weighted by molar-refractivity contribution is -0.137. The van der Waals surface area contributed by atoms with Crippen LogP contribution in [0.1, 0.15) is 32.3 Å². The molecule has 0 fully saturated rings. The third-order valence-corrected chi connectivity index (χ3v) is 2.55. The van der Waals surface area contributed by atoms with E-state index >= 15 is 0 Å². The Hall–Kier alpha value is -1.19. The molecule has 1 aromatic rings. The molecule has 16 heavy (non-hydrogen) atoms. The molecule has 0 atom stereocenters. The fourth-order valence-electron chi connectivity index (χ4n) is 1.51. The predicted molar refractivity (Wildman–Crippen MR) is 59.4 cm³/mol. The molecule has 1 N–H and O–H groups in total. The van der Waals surface area contributed by atoms with Crippen LogP contribution < -0.4 is 5.32 Å². The van der Waals surface area contributed by atoms with Crippen LogP contribution in [0.3, 0.4) is 0 Å². The van der Waals surface area contributed by atoms with Gasteiger partial charge in [-0.25, -0.2) is 0 Å². The maximum absolute atomic E-state index is 12.4. The fourth-order valence-corrected chi connectivity index (χ4v) is 1.51. The van der Waals surface area contributed by atoms with Crippen molar-refractivity contribution in [2.75, 3.05) is 5.32 Å². The van der Waals surface area contributed by atoms with Crippen molar-refractivity contribution < 1.29 is 13.2 Å². The van der Waals surface area contributed by atoms with Gasteiger partial charge in [0.1, 0.15) is 0 Å². The molecule has 4 heteroatoms. The van der Waals surface area contributed by atoms with Crippen LogP contribution in [0.2, 0.25) is 0 Å². The number of rotatable bonds is 4. The number of hydrogen-bond acceptors (Lipinski definition) is 1. The van der Waals surface area contributed by atoms with Gasteiger partial charge in [0.25, 0.3) is 0 Å². The van der Waals surface area contributed by atoms with E-state index in [0.29, 0.717) is 5.69 Å². The normalized spacial score (nSPS) is 11.9. The van der Waals surface area contributed by atoms with Gasteiger partial charge in [-0.2, -0.15) is 13.2 Å². The van der Waals surface area contributed by atoms with Crippen molar-refractivity contribution in [3.63, 3.8) is 0 Å². The summed E-state index contributed by atoms with van der Waals surface area (Å²) in [5.74, 6) is 0. The summed E-state index contributed by atoms with van der Waals surface area (Å²) in [6, 6.07) is 5.54. The first-order chi connectivity index (χ1) is 7.47. The van der Waals surface area contributed by atoms with Gasteiger partial charge in [-0.15, -0.1) is 0 Å². The minimum Gasteiger partial charge on any atom is -0.382 e. The third kappa shape index (κ3) is 3.43. The van der Waals surface area contributed by atoms with Crippen molar-refractivity contribution in [2.45, 2.75) is 38.9 Å². The van der Waals surface area contributed by atoms with Gasteiger partial charge in [0.15, 0.2) is 0 Å². The van der Waals surface area contributed by atoms with E-state index in [0.717, 1.165) is 25.0 Å². The number of hydrogen-bond donors (Lipinski definition) is 1. The number of nitrogens with one attached hydrogen (secondary N) is 1. The van der Waals surface area contributed by atoms with Gasteiger partial charge in [-0.3, -0.25) is 0 Å². The van der Waals surface area contributed by atoms with Crippen molar-refractivity contribution in [2.24, 2.45) is 0 Å². The maximum atomic E-state index is 12.4. The number of alkyl halides is 3. The summed E-state index contributed by atoms with van der Waals surface area (Å²) >= 11 is 0. The Balaban J connectivity index is 2.82. The van der Waals surface area contributed by atoms with Gasteiger partial charge in [-0.05, 0) is 31.0 Å². The lowest BCUT2D eigenvalue weighted by atomic mass is 10.1. The second-order valence-corrected chi connectivity index (χ2v) is 3.74. The third-order valence-electron chi connectivity index (χ3n) is 2.55. The van der Waals surface area contributed by atoms with E-state index in [1.54, 1.807) is 6.07 Å². The van der Waals surface area contributed by atoms with E-state index in [1.807, 2.05) is 13.8 Å². The Labute approximate surface area is 93.7 Å². The second-order valence-electron chi connectivity index (χ2n) is 3.74. The Bertz CT molecular complexity index is 329. The van der Waals surface area contributed by atoms with Crippen LogP contribution >= 0.6 is 0 Å². The molecule has 1 rings (SSSR count). The van der Waals surface area contributed by atoms with Crippen LogP contribution in [0.5, 0.6) is 0 Å². The molecule has 0 aliphatic carbocycles. The summed E-state index contributed by atoms with van der Waals surface area (Å²) in [5, 5.41) is 3.09. The summed E-state index contributed by atoms with van der Waals surface area (Å²) in [6.07, 6.45) is -2.48. The molecule has 0 heterocycles. The molecular weight excluding hydrogens is 215 g/mol.